The molecule has 0 aliphatic heterocycles. The molecule has 1 amide bonds. The number of benzene rings is 1. The van der Waals surface area contributed by atoms with Crippen LogP contribution in [-0.4, -0.2) is 36.7 Å². The highest BCUT2D eigenvalue weighted by molar-refractivity contribution is 6.00. The van der Waals surface area contributed by atoms with Gasteiger partial charge in [-0.25, -0.2) is 4.79 Å². The van der Waals surface area contributed by atoms with Gasteiger partial charge in [0.25, 0.3) is 5.91 Å². The number of aryl methyl sites for hydroxylation is 3. The lowest BCUT2D eigenvalue weighted by molar-refractivity contribution is -0.140. The molecule has 110 valence electrons. The van der Waals surface area contributed by atoms with Crippen molar-refractivity contribution in [1.82, 2.24) is 0 Å². The number of anilines is 1. The van der Waals surface area contributed by atoms with Crippen LogP contribution in [0.1, 0.15) is 23.6 Å². The lowest BCUT2D eigenvalue weighted by Crippen LogP contribution is -2.45. The molecule has 1 aromatic rings. The Morgan fingerprint density at radius 2 is 1.75 bits per heavy atom. The van der Waals surface area contributed by atoms with Crippen LogP contribution < -0.4 is 4.90 Å². The lowest BCUT2D eigenvalue weighted by Gasteiger charge is -2.29. The maximum atomic E-state index is 12.2. The molecule has 1 atom stereocenters. The predicted molar refractivity (Wildman–Crippen MR) is 77.1 cm³/mol. The molecule has 0 bridgehead atoms. The summed E-state index contributed by atoms with van der Waals surface area (Å²) in [5.41, 5.74) is 3.47. The summed E-state index contributed by atoms with van der Waals surface area (Å²) in [5, 5.41) is 9.23. The van der Waals surface area contributed by atoms with Crippen LogP contribution >= 0.6 is 0 Å². The van der Waals surface area contributed by atoms with E-state index in [9.17, 15) is 14.7 Å². The average molecular weight is 279 g/mol. The molecule has 1 N–H and O–H groups in total. The first-order valence-corrected chi connectivity index (χ1v) is 6.41. The molecule has 1 aromatic carbocycles. The van der Waals surface area contributed by atoms with E-state index in [-0.39, 0.29) is 12.5 Å². The molecule has 0 saturated heterocycles. The van der Waals surface area contributed by atoms with E-state index in [1.807, 2.05) is 32.9 Å². The van der Waals surface area contributed by atoms with Gasteiger partial charge in [-0.05, 0) is 38.8 Å². The Balaban J connectivity index is 3.38. The van der Waals surface area contributed by atoms with Gasteiger partial charge in [0.05, 0.1) is 5.69 Å². The minimum absolute atomic E-state index is 0.148. The smallest absolute Gasteiger partial charge is 0.326 e. The Bertz CT molecular complexity index is 502. The van der Waals surface area contributed by atoms with E-state index in [1.165, 1.54) is 18.9 Å². The zero-order valence-corrected chi connectivity index (χ0v) is 12.6. The number of hydrogen-bond donors (Lipinski definition) is 1. The maximum absolute atomic E-state index is 12.2. The zero-order chi connectivity index (χ0) is 15.4. The summed E-state index contributed by atoms with van der Waals surface area (Å²) < 4.78 is 4.86. The number of rotatable bonds is 5. The second kappa shape index (κ2) is 6.52. The summed E-state index contributed by atoms with van der Waals surface area (Å²) in [6.07, 6.45) is 0. The first-order valence-electron chi connectivity index (χ1n) is 6.41. The highest BCUT2D eigenvalue weighted by atomic mass is 16.5. The van der Waals surface area contributed by atoms with Crippen molar-refractivity contribution in [2.75, 3.05) is 18.6 Å². The number of nitrogens with zero attached hydrogens (tertiary/aromatic N) is 1. The third kappa shape index (κ3) is 3.36. The Kier molecular flexibility index (Phi) is 5.27. The number of hydrogen-bond acceptors (Lipinski definition) is 3. The van der Waals surface area contributed by atoms with Gasteiger partial charge < -0.3 is 9.84 Å². The summed E-state index contributed by atoms with van der Waals surface area (Å²) >= 11 is 0. The van der Waals surface area contributed by atoms with Crippen molar-refractivity contribution in [3.63, 3.8) is 0 Å². The van der Waals surface area contributed by atoms with Gasteiger partial charge in [-0.3, -0.25) is 9.69 Å². The highest BCUT2D eigenvalue weighted by Crippen LogP contribution is 2.28. The van der Waals surface area contributed by atoms with Crippen LogP contribution in [0.15, 0.2) is 12.1 Å². The molecule has 0 fully saturated rings. The van der Waals surface area contributed by atoms with Gasteiger partial charge in [0, 0.05) is 7.11 Å². The van der Waals surface area contributed by atoms with Crippen LogP contribution in [0, 0.1) is 20.8 Å². The normalized spacial score (nSPS) is 12.1. The molecule has 0 radical (unpaired) electrons. The van der Waals surface area contributed by atoms with Crippen LogP contribution in [0.2, 0.25) is 0 Å². The molecule has 1 rings (SSSR count). The zero-order valence-electron chi connectivity index (χ0n) is 12.6. The van der Waals surface area contributed by atoms with Crippen molar-refractivity contribution in [1.29, 1.82) is 0 Å². The molecule has 1 unspecified atom stereocenters. The van der Waals surface area contributed by atoms with Gasteiger partial charge in [-0.15, -0.1) is 0 Å². The van der Waals surface area contributed by atoms with E-state index in [0.29, 0.717) is 5.69 Å². The van der Waals surface area contributed by atoms with E-state index in [4.69, 9.17) is 4.74 Å². The summed E-state index contributed by atoms with van der Waals surface area (Å²) in [6, 6.07) is 2.92. The van der Waals surface area contributed by atoms with E-state index in [2.05, 4.69) is 0 Å². The molecule has 0 spiro atoms. The first-order chi connectivity index (χ1) is 9.29. The topological polar surface area (TPSA) is 66.8 Å². The number of aliphatic carboxylic acids is 1. The third-order valence-corrected chi connectivity index (χ3v) is 3.16. The van der Waals surface area contributed by atoms with E-state index in [1.54, 1.807) is 0 Å². The highest BCUT2D eigenvalue weighted by Gasteiger charge is 2.29. The summed E-state index contributed by atoms with van der Waals surface area (Å²) in [7, 11) is 1.41. The molecule has 0 aromatic heterocycles. The van der Waals surface area contributed by atoms with Gasteiger partial charge in [-0.2, -0.15) is 0 Å². The Hall–Kier alpha value is -1.88. The number of carboxylic acids is 1. The van der Waals surface area contributed by atoms with Gasteiger partial charge in [0.1, 0.15) is 12.6 Å². The molecule has 20 heavy (non-hydrogen) atoms. The Morgan fingerprint density at radius 3 is 2.15 bits per heavy atom. The second-order valence-corrected chi connectivity index (χ2v) is 4.96. The van der Waals surface area contributed by atoms with Gasteiger partial charge in [-0.1, -0.05) is 17.7 Å². The van der Waals surface area contributed by atoms with E-state index in [0.717, 1.165) is 16.7 Å². The maximum Gasteiger partial charge on any atom is 0.326 e. The van der Waals surface area contributed by atoms with E-state index < -0.39 is 12.0 Å². The molecular weight excluding hydrogens is 258 g/mol. The van der Waals surface area contributed by atoms with Gasteiger partial charge in [0.2, 0.25) is 0 Å². The summed E-state index contributed by atoms with van der Waals surface area (Å²) in [6.45, 7) is 7.05. The van der Waals surface area contributed by atoms with Crippen molar-refractivity contribution in [2.45, 2.75) is 33.7 Å². The van der Waals surface area contributed by atoms with Crippen LogP contribution in [0.3, 0.4) is 0 Å². The van der Waals surface area contributed by atoms with Crippen molar-refractivity contribution < 1.29 is 19.4 Å². The molecular formula is C15H21NO4. The fourth-order valence-electron chi connectivity index (χ4n) is 2.39. The number of carbonyl (C=O) groups is 2. The van der Waals surface area contributed by atoms with Crippen molar-refractivity contribution in [3.8, 4) is 0 Å². The van der Waals surface area contributed by atoms with E-state index >= 15 is 0 Å². The minimum atomic E-state index is -1.05. The minimum Gasteiger partial charge on any atom is -0.480 e. The van der Waals surface area contributed by atoms with Gasteiger partial charge >= 0.3 is 5.97 Å². The number of methoxy groups -OCH3 is 1. The Labute approximate surface area is 119 Å². The summed E-state index contributed by atoms with van der Waals surface area (Å²) in [5.74, 6) is -1.41. The fourth-order valence-corrected chi connectivity index (χ4v) is 2.39. The second-order valence-electron chi connectivity index (χ2n) is 4.96. The number of carboxylic acid groups (broad SMARTS) is 1. The monoisotopic (exact) mass is 279 g/mol. The van der Waals surface area contributed by atoms with Crippen LogP contribution in [0.5, 0.6) is 0 Å². The molecule has 0 aliphatic rings. The van der Waals surface area contributed by atoms with Crippen LogP contribution in [0.25, 0.3) is 0 Å². The molecule has 0 saturated carbocycles. The predicted octanol–water partition coefficient (Wildman–Crippen LogP) is 2.06. The van der Waals surface area contributed by atoms with Crippen LogP contribution in [0.4, 0.5) is 5.69 Å². The standard InChI is InChI=1S/C15H21NO4/c1-9-6-10(2)14(11(3)7-9)16(12(4)15(18)19)13(17)8-20-5/h6-7,12H,8H2,1-5H3,(H,18,19). The first kappa shape index (κ1) is 16.2. The number of ether oxygens (including phenoxy) is 1. The third-order valence-electron chi connectivity index (χ3n) is 3.16. The summed E-state index contributed by atoms with van der Waals surface area (Å²) in [4.78, 5) is 24.8. The fraction of sp³-hybridized carbons (Fsp3) is 0.467. The van der Waals surface area contributed by atoms with Crippen molar-refractivity contribution in [3.05, 3.63) is 28.8 Å². The molecule has 5 nitrogen and oxygen atoms in total. The van der Waals surface area contributed by atoms with Crippen molar-refractivity contribution >= 4 is 17.6 Å². The number of amides is 1. The number of carbonyl (C=O) groups excluding carboxylic acids is 1. The van der Waals surface area contributed by atoms with Crippen molar-refractivity contribution in [2.24, 2.45) is 0 Å². The lowest BCUT2D eigenvalue weighted by atomic mass is 10.0. The molecule has 0 heterocycles. The largest absolute Gasteiger partial charge is 0.480 e. The SMILES string of the molecule is COCC(=O)N(c1c(C)cc(C)cc1C)C(C)C(=O)O. The average Bonchev–Trinajstić information content (AvgIpc) is 2.32. The quantitative estimate of drug-likeness (QED) is 0.896. The molecule has 5 heteroatoms. The Morgan fingerprint density at radius 1 is 1.25 bits per heavy atom. The molecule has 0 aliphatic carbocycles. The van der Waals surface area contributed by atoms with Crippen LogP contribution in [-0.2, 0) is 14.3 Å². The van der Waals surface area contributed by atoms with Gasteiger partial charge in [0.15, 0.2) is 0 Å².